The Balaban J connectivity index is 1.80. The summed E-state index contributed by atoms with van der Waals surface area (Å²) in [5.74, 6) is 0.696. The first-order valence-electron chi connectivity index (χ1n) is 8.03. The normalized spacial score (nSPS) is 10.5. The lowest BCUT2D eigenvalue weighted by atomic mass is 10.2. The highest BCUT2D eigenvalue weighted by Crippen LogP contribution is 2.16. The molecule has 2 aromatic carbocycles. The van der Waals surface area contributed by atoms with Gasteiger partial charge in [0.25, 0.3) is 0 Å². The van der Waals surface area contributed by atoms with E-state index in [0.29, 0.717) is 30.5 Å². The number of benzene rings is 2. The van der Waals surface area contributed by atoms with Crippen LogP contribution in [0.25, 0.3) is 0 Å². The van der Waals surface area contributed by atoms with E-state index in [1.165, 1.54) is 0 Å². The summed E-state index contributed by atoms with van der Waals surface area (Å²) in [4.78, 5) is 14.2. The van der Waals surface area contributed by atoms with E-state index in [-0.39, 0.29) is 12.1 Å². The van der Waals surface area contributed by atoms with Gasteiger partial charge in [0.2, 0.25) is 0 Å². The molecule has 1 N–H and O–H groups in total. The zero-order valence-corrected chi connectivity index (χ0v) is 14.8. The van der Waals surface area contributed by atoms with Gasteiger partial charge in [0, 0.05) is 17.6 Å². The zero-order chi connectivity index (χ0) is 17.4. The summed E-state index contributed by atoms with van der Waals surface area (Å²) in [5.41, 5.74) is 1.11. The molecule has 0 aromatic heterocycles. The van der Waals surface area contributed by atoms with Crippen molar-refractivity contribution >= 4 is 17.6 Å². The van der Waals surface area contributed by atoms with Crippen LogP contribution < -0.4 is 10.1 Å². The summed E-state index contributed by atoms with van der Waals surface area (Å²) in [6, 6.07) is 17.2. The van der Waals surface area contributed by atoms with E-state index in [4.69, 9.17) is 16.3 Å². The van der Waals surface area contributed by atoms with Gasteiger partial charge >= 0.3 is 6.03 Å². The minimum absolute atomic E-state index is 0.0939. The van der Waals surface area contributed by atoms with Crippen molar-refractivity contribution in [3.8, 4) is 5.75 Å². The number of nitrogens with one attached hydrogen (secondary N) is 1. The van der Waals surface area contributed by atoms with Gasteiger partial charge in [-0.2, -0.15) is 0 Å². The number of carbonyl (C=O) groups excluding carboxylic acids is 1. The van der Waals surface area contributed by atoms with Crippen molar-refractivity contribution in [1.29, 1.82) is 0 Å². The summed E-state index contributed by atoms with van der Waals surface area (Å²) in [5, 5.41) is 3.53. The topological polar surface area (TPSA) is 41.6 Å². The van der Waals surface area contributed by atoms with E-state index in [2.05, 4.69) is 5.32 Å². The molecule has 0 aliphatic carbocycles. The van der Waals surface area contributed by atoms with Crippen LogP contribution in [0.15, 0.2) is 54.6 Å². The van der Waals surface area contributed by atoms with E-state index in [9.17, 15) is 4.79 Å². The number of nitrogens with zero attached hydrogens (tertiary/aromatic N) is 1. The molecule has 2 aromatic rings. The van der Waals surface area contributed by atoms with Crippen molar-refractivity contribution in [3.63, 3.8) is 0 Å². The Labute approximate surface area is 148 Å². The lowest BCUT2D eigenvalue weighted by molar-refractivity contribution is 0.177. The van der Waals surface area contributed by atoms with Crippen LogP contribution in [0, 0.1) is 0 Å². The Hall–Kier alpha value is -2.20. The van der Waals surface area contributed by atoms with Crippen molar-refractivity contribution in [3.05, 3.63) is 65.2 Å². The van der Waals surface area contributed by atoms with E-state index in [1.54, 1.807) is 17.0 Å². The van der Waals surface area contributed by atoms with Crippen LogP contribution in [0.3, 0.4) is 0 Å². The molecule has 0 saturated heterocycles. The third-order valence-corrected chi connectivity index (χ3v) is 3.76. The fourth-order valence-electron chi connectivity index (χ4n) is 2.25. The molecule has 0 aliphatic rings. The number of hydrogen-bond acceptors (Lipinski definition) is 2. The fraction of sp³-hybridized carbons (Fsp3) is 0.316. The molecular weight excluding hydrogens is 324 g/mol. The van der Waals surface area contributed by atoms with Gasteiger partial charge in [0.15, 0.2) is 0 Å². The summed E-state index contributed by atoms with van der Waals surface area (Å²) in [6.07, 6.45) is 0. The quantitative estimate of drug-likeness (QED) is 0.758. The number of carbonyl (C=O) groups is 1. The van der Waals surface area contributed by atoms with Crippen molar-refractivity contribution in [2.75, 3.05) is 13.2 Å². The molecule has 2 amide bonds. The molecule has 2 rings (SSSR count). The molecule has 5 heteroatoms. The second-order valence-corrected chi connectivity index (χ2v) is 6.18. The average molecular weight is 347 g/mol. The predicted octanol–water partition coefficient (Wildman–Crippen LogP) is 4.34. The first-order valence-corrected chi connectivity index (χ1v) is 8.41. The summed E-state index contributed by atoms with van der Waals surface area (Å²) >= 11 is 5.91. The molecule has 0 heterocycles. The van der Waals surface area contributed by atoms with Crippen molar-refractivity contribution in [1.82, 2.24) is 10.2 Å². The zero-order valence-electron chi connectivity index (χ0n) is 14.0. The summed E-state index contributed by atoms with van der Waals surface area (Å²) in [6.45, 7) is 5.42. The van der Waals surface area contributed by atoms with Gasteiger partial charge in [-0.05, 0) is 37.6 Å². The molecule has 0 radical (unpaired) electrons. The molecule has 0 fully saturated rings. The summed E-state index contributed by atoms with van der Waals surface area (Å²) < 4.78 is 5.58. The maximum Gasteiger partial charge on any atom is 0.318 e. The summed E-state index contributed by atoms with van der Waals surface area (Å²) in [7, 11) is 0. The third-order valence-electron chi connectivity index (χ3n) is 3.52. The molecule has 128 valence electrons. The SMILES string of the molecule is CC(C)N(Cc1ccccc1)C(=O)NCCOc1cccc(Cl)c1. The van der Waals surface area contributed by atoms with E-state index < -0.39 is 0 Å². The largest absolute Gasteiger partial charge is 0.492 e. The maximum absolute atomic E-state index is 12.4. The average Bonchev–Trinajstić information content (AvgIpc) is 2.57. The van der Waals surface area contributed by atoms with Crippen LogP contribution >= 0.6 is 11.6 Å². The molecule has 4 nitrogen and oxygen atoms in total. The molecule has 0 bridgehead atoms. The highest BCUT2D eigenvalue weighted by molar-refractivity contribution is 6.30. The van der Waals surface area contributed by atoms with Crippen LogP contribution in [0.5, 0.6) is 5.75 Å². The molecule has 24 heavy (non-hydrogen) atoms. The van der Waals surface area contributed by atoms with Gasteiger partial charge in [0.1, 0.15) is 12.4 Å². The number of amides is 2. The second kappa shape index (κ2) is 9.18. The molecule has 0 atom stereocenters. The lowest BCUT2D eigenvalue weighted by Gasteiger charge is -2.27. The third kappa shape index (κ3) is 5.78. The van der Waals surface area contributed by atoms with Crippen LogP contribution in [0.1, 0.15) is 19.4 Å². The molecular formula is C19H23ClN2O2. The van der Waals surface area contributed by atoms with Crippen LogP contribution in [0.4, 0.5) is 4.79 Å². The molecule has 0 saturated carbocycles. The number of hydrogen-bond donors (Lipinski definition) is 1. The first-order chi connectivity index (χ1) is 11.6. The van der Waals surface area contributed by atoms with Crippen LogP contribution in [-0.2, 0) is 6.54 Å². The van der Waals surface area contributed by atoms with Gasteiger partial charge in [-0.25, -0.2) is 4.79 Å². The van der Waals surface area contributed by atoms with Gasteiger partial charge in [-0.3, -0.25) is 0 Å². The van der Waals surface area contributed by atoms with Gasteiger partial charge in [-0.1, -0.05) is 48.0 Å². The number of halogens is 1. The van der Waals surface area contributed by atoms with Crippen LogP contribution in [-0.4, -0.2) is 30.1 Å². The van der Waals surface area contributed by atoms with E-state index in [0.717, 1.165) is 5.56 Å². The van der Waals surface area contributed by atoms with Gasteiger partial charge < -0.3 is 15.0 Å². The predicted molar refractivity (Wildman–Crippen MR) is 97.5 cm³/mol. The molecule has 0 spiro atoms. The van der Waals surface area contributed by atoms with E-state index >= 15 is 0 Å². The minimum atomic E-state index is -0.0939. The fourth-order valence-corrected chi connectivity index (χ4v) is 2.43. The smallest absolute Gasteiger partial charge is 0.318 e. The Morgan fingerprint density at radius 2 is 1.92 bits per heavy atom. The highest BCUT2D eigenvalue weighted by atomic mass is 35.5. The van der Waals surface area contributed by atoms with Crippen LogP contribution in [0.2, 0.25) is 5.02 Å². The Kier molecular flexibility index (Phi) is 6.94. The Bertz CT molecular complexity index is 647. The van der Waals surface area contributed by atoms with E-state index in [1.807, 2.05) is 56.3 Å². The first kappa shape index (κ1) is 18.1. The van der Waals surface area contributed by atoms with Crippen molar-refractivity contribution in [2.24, 2.45) is 0 Å². The maximum atomic E-state index is 12.4. The van der Waals surface area contributed by atoms with Gasteiger partial charge in [0.05, 0.1) is 6.54 Å². The monoisotopic (exact) mass is 346 g/mol. The van der Waals surface area contributed by atoms with Gasteiger partial charge in [-0.15, -0.1) is 0 Å². The Morgan fingerprint density at radius 1 is 1.17 bits per heavy atom. The number of urea groups is 1. The lowest BCUT2D eigenvalue weighted by Crippen LogP contribution is -2.44. The second-order valence-electron chi connectivity index (χ2n) is 5.75. The standard InChI is InChI=1S/C19H23ClN2O2/c1-15(2)22(14-16-7-4-3-5-8-16)19(23)21-11-12-24-18-10-6-9-17(20)13-18/h3-10,13,15H,11-12,14H2,1-2H3,(H,21,23). The number of rotatable bonds is 7. The van der Waals surface area contributed by atoms with Crippen molar-refractivity contribution in [2.45, 2.75) is 26.4 Å². The van der Waals surface area contributed by atoms with Crippen molar-refractivity contribution < 1.29 is 9.53 Å². The Morgan fingerprint density at radius 3 is 2.58 bits per heavy atom. The minimum Gasteiger partial charge on any atom is -0.492 e. The molecule has 0 aliphatic heterocycles. The molecule has 0 unspecified atom stereocenters. The highest BCUT2D eigenvalue weighted by Gasteiger charge is 2.16. The number of ether oxygens (including phenoxy) is 1.